The maximum Gasteiger partial charge on any atom is 0.266 e. The Balaban J connectivity index is 2.28. The molecular weight excluding hydrogens is 386 g/mol. The van der Waals surface area contributed by atoms with Gasteiger partial charge in [0, 0.05) is 5.56 Å². The summed E-state index contributed by atoms with van der Waals surface area (Å²) in [5.74, 6) is -2.98. The standard InChI is InChI=1S/C16H16F2N2O6S/c1-24-12-7-9(8-13(25-2)14(12)26-3)16(21)19-20-27(22,23)15-10(17)5-4-6-11(15)18/h4-8,20H,1-3H3,(H,19,21). The van der Waals surface area contributed by atoms with Gasteiger partial charge in [-0.25, -0.2) is 17.2 Å². The lowest BCUT2D eigenvalue weighted by atomic mass is 10.1. The third-order valence-corrected chi connectivity index (χ3v) is 4.71. The Kier molecular flexibility index (Phi) is 6.18. The number of hydrazine groups is 1. The second-order valence-corrected chi connectivity index (χ2v) is 6.64. The summed E-state index contributed by atoms with van der Waals surface area (Å²) in [4.78, 5) is 12.7. The van der Waals surface area contributed by atoms with Crippen molar-refractivity contribution in [3.8, 4) is 17.2 Å². The molecule has 2 rings (SSSR count). The summed E-state index contributed by atoms with van der Waals surface area (Å²) in [6.07, 6.45) is 0. The van der Waals surface area contributed by atoms with Crippen molar-refractivity contribution in [1.82, 2.24) is 10.3 Å². The number of methoxy groups -OCH3 is 3. The molecule has 1 amide bonds. The molecule has 0 aliphatic heterocycles. The lowest BCUT2D eigenvalue weighted by molar-refractivity contribution is 0.0944. The predicted octanol–water partition coefficient (Wildman–Crippen LogP) is 1.61. The van der Waals surface area contributed by atoms with Gasteiger partial charge >= 0.3 is 0 Å². The third-order valence-electron chi connectivity index (χ3n) is 3.41. The SMILES string of the molecule is COc1cc(C(=O)NNS(=O)(=O)c2c(F)cccc2F)cc(OC)c1OC. The van der Waals surface area contributed by atoms with Crippen molar-refractivity contribution in [3.05, 3.63) is 47.5 Å². The Hall–Kier alpha value is -2.92. The van der Waals surface area contributed by atoms with Gasteiger partial charge in [0.05, 0.1) is 21.3 Å². The van der Waals surface area contributed by atoms with Crippen LogP contribution in [0.4, 0.5) is 8.78 Å². The van der Waals surface area contributed by atoms with Crippen LogP contribution in [0.3, 0.4) is 0 Å². The van der Waals surface area contributed by atoms with Crippen LogP contribution in [0.25, 0.3) is 0 Å². The minimum atomic E-state index is -4.69. The zero-order valence-electron chi connectivity index (χ0n) is 14.5. The first-order valence-electron chi connectivity index (χ1n) is 7.31. The number of carbonyl (C=O) groups is 1. The van der Waals surface area contributed by atoms with Gasteiger partial charge in [0.1, 0.15) is 11.6 Å². The van der Waals surface area contributed by atoms with E-state index < -0.39 is 32.5 Å². The smallest absolute Gasteiger partial charge is 0.266 e. The highest BCUT2D eigenvalue weighted by Crippen LogP contribution is 2.38. The van der Waals surface area contributed by atoms with E-state index in [1.807, 2.05) is 5.43 Å². The molecule has 2 N–H and O–H groups in total. The minimum absolute atomic E-state index is 0.0544. The van der Waals surface area contributed by atoms with Gasteiger partial charge < -0.3 is 14.2 Å². The van der Waals surface area contributed by atoms with Crippen molar-refractivity contribution in [2.75, 3.05) is 21.3 Å². The quantitative estimate of drug-likeness (QED) is 0.683. The normalized spacial score (nSPS) is 11.0. The number of benzene rings is 2. The molecule has 0 aliphatic rings. The lowest BCUT2D eigenvalue weighted by Crippen LogP contribution is -2.42. The molecule has 2 aromatic carbocycles. The van der Waals surface area contributed by atoms with Gasteiger partial charge in [0.15, 0.2) is 16.4 Å². The van der Waals surface area contributed by atoms with Crippen LogP contribution in [0, 0.1) is 11.6 Å². The fraction of sp³-hybridized carbons (Fsp3) is 0.188. The molecule has 0 atom stereocenters. The molecule has 0 aromatic heterocycles. The number of ether oxygens (including phenoxy) is 3. The molecule has 0 saturated carbocycles. The van der Waals surface area contributed by atoms with E-state index >= 15 is 0 Å². The van der Waals surface area contributed by atoms with Crippen LogP contribution in [-0.2, 0) is 10.0 Å². The Morgan fingerprint density at radius 3 is 1.93 bits per heavy atom. The van der Waals surface area contributed by atoms with E-state index in [1.54, 1.807) is 4.83 Å². The highest BCUT2D eigenvalue weighted by atomic mass is 32.2. The molecule has 0 radical (unpaired) electrons. The summed E-state index contributed by atoms with van der Waals surface area (Å²) < 4.78 is 66.8. The van der Waals surface area contributed by atoms with Crippen molar-refractivity contribution in [2.24, 2.45) is 0 Å². The summed E-state index contributed by atoms with van der Waals surface area (Å²) in [5.41, 5.74) is 1.82. The van der Waals surface area contributed by atoms with Crippen molar-refractivity contribution in [2.45, 2.75) is 4.90 Å². The molecule has 146 valence electrons. The number of halogens is 2. The van der Waals surface area contributed by atoms with Crippen LogP contribution in [-0.4, -0.2) is 35.7 Å². The second-order valence-electron chi connectivity index (χ2n) is 5.02. The van der Waals surface area contributed by atoms with Gasteiger partial charge in [-0.3, -0.25) is 10.2 Å². The molecule has 0 heterocycles. The van der Waals surface area contributed by atoms with E-state index in [2.05, 4.69) is 0 Å². The van der Waals surface area contributed by atoms with Crippen molar-refractivity contribution < 1.29 is 36.2 Å². The number of rotatable bonds is 7. The highest BCUT2D eigenvalue weighted by Gasteiger charge is 2.25. The fourth-order valence-corrected chi connectivity index (χ4v) is 3.17. The van der Waals surface area contributed by atoms with E-state index in [1.165, 1.54) is 33.5 Å². The van der Waals surface area contributed by atoms with Crippen molar-refractivity contribution in [3.63, 3.8) is 0 Å². The lowest BCUT2D eigenvalue weighted by Gasteiger charge is -2.14. The number of sulfonamides is 1. The number of hydrogen-bond acceptors (Lipinski definition) is 6. The van der Waals surface area contributed by atoms with Crippen LogP contribution in [0.1, 0.15) is 10.4 Å². The molecule has 8 nitrogen and oxygen atoms in total. The van der Waals surface area contributed by atoms with E-state index in [9.17, 15) is 22.0 Å². The van der Waals surface area contributed by atoms with Gasteiger partial charge in [-0.2, -0.15) is 0 Å². The molecule has 0 saturated heterocycles. The zero-order chi connectivity index (χ0) is 20.2. The summed E-state index contributed by atoms with van der Waals surface area (Å²) in [6, 6.07) is 5.11. The maximum absolute atomic E-state index is 13.7. The number of nitrogens with one attached hydrogen (secondary N) is 2. The van der Waals surface area contributed by atoms with Crippen LogP contribution < -0.4 is 24.5 Å². The molecule has 2 aromatic rings. The highest BCUT2D eigenvalue weighted by molar-refractivity contribution is 7.89. The van der Waals surface area contributed by atoms with Crippen LogP contribution in [0.15, 0.2) is 35.2 Å². The Morgan fingerprint density at radius 1 is 0.963 bits per heavy atom. The summed E-state index contributed by atoms with van der Waals surface area (Å²) in [6.45, 7) is 0. The van der Waals surface area contributed by atoms with Crippen LogP contribution in [0.2, 0.25) is 0 Å². The van der Waals surface area contributed by atoms with E-state index in [4.69, 9.17) is 14.2 Å². The van der Waals surface area contributed by atoms with Gasteiger partial charge in [-0.1, -0.05) is 6.07 Å². The summed E-state index contributed by atoms with van der Waals surface area (Å²) >= 11 is 0. The Morgan fingerprint density at radius 2 is 1.48 bits per heavy atom. The van der Waals surface area contributed by atoms with Crippen LogP contribution >= 0.6 is 0 Å². The largest absolute Gasteiger partial charge is 0.493 e. The van der Waals surface area contributed by atoms with Crippen molar-refractivity contribution >= 4 is 15.9 Å². The molecule has 0 fully saturated rings. The maximum atomic E-state index is 13.7. The van der Waals surface area contributed by atoms with Gasteiger partial charge in [-0.05, 0) is 24.3 Å². The Labute approximate surface area is 154 Å². The van der Waals surface area contributed by atoms with Gasteiger partial charge in [-0.15, -0.1) is 4.83 Å². The number of amides is 1. The topological polar surface area (TPSA) is 103 Å². The van der Waals surface area contributed by atoms with Gasteiger partial charge in [0.25, 0.3) is 15.9 Å². The third kappa shape index (κ3) is 4.26. The first kappa shape index (κ1) is 20.4. The first-order valence-corrected chi connectivity index (χ1v) is 8.79. The first-order chi connectivity index (χ1) is 12.7. The molecular formula is C16H16F2N2O6S. The second kappa shape index (κ2) is 8.18. The summed E-state index contributed by atoms with van der Waals surface area (Å²) in [7, 11) is -0.644. The van der Waals surface area contributed by atoms with E-state index in [-0.39, 0.29) is 22.8 Å². The fourth-order valence-electron chi connectivity index (χ4n) is 2.19. The average molecular weight is 402 g/mol. The van der Waals surface area contributed by atoms with Crippen LogP contribution in [0.5, 0.6) is 17.2 Å². The van der Waals surface area contributed by atoms with Gasteiger partial charge in [0.2, 0.25) is 5.75 Å². The monoisotopic (exact) mass is 402 g/mol. The molecule has 27 heavy (non-hydrogen) atoms. The molecule has 0 bridgehead atoms. The minimum Gasteiger partial charge on any atom is -0.493 e. The predicted molar refractivity (Wildman–Crippen MR) is 90.2 cm³/mol. The molecule has 0 spiro atoms. The molecule has 0 aliphatic carbocycles. The Bertz CT molecular complexity index is 920. The zero-order valence-corrected chi connectivity index (χ0v) is 15.3. The molecule has 11 heteroatoms. The number of hydrogen-bond donors (Lipinski definition) is 2. The molecule has 0 unspecified atom stereocenters. The van der Waals surface area contributed by atoms with E-state index in [0.717, 1.165) is 18.2 Å². The average Bonchev–Trinajstić information content (AvgIpc) is 2.64. The summed E-state index contributed by atoms with van der Waals surface area (Å²) in [5, 5.41) is 0. The number of carbonyl (C=O) groups excluding carboxylic acids is 1. The van der Waals surface area contributed by atoms with E-state index in [0.29, 0.717) is 0 Å². The van der Waals surface area contributed by atoms with Crippen molar-refractivity contribution in [1.29, 1.82) is 0 Å².